The fourth-order valence-electron chi connectivity index (χ4n) is 0. The van der Waals surface area contributed by atoms with Crippen LogP contribution >= 0.6 is 0 Å². The van der Waals surface area contributed by atoms with E-state index in [1.54, 1.807) is 0 Å². The summed E-state index contributed by atoms with van der Waals surface area (Å²) in [6.45, 7) is 11.0. The van der Waals surface area contributed by atoms with Gasteiger partial charge in [0, 0.05) is 6.08 Å². The first-order chi connectivity index (χ1) is 8.27. The van der Waals surface area contributed by atoms with E-state index in [0.717, 1.165) is 58.9 Å². The third-order valence-corrected chi connectivity index (χ3v) is 0.991. The number of carboxylic acid groups (broad SMARTS) is 1. The Balaban J connectivity index is 0.000000190. The third kappa shape index (κ3) is 101. The van der Waals surface area contributed by atoms with E-state index in [1.165, 1.54) is 0 Å². The molecule has 1 N–H and O–H groups in total. The van der Waals surface area contributed by atoms with Gasteiger partial charge in [-0.1, -0.05) is 6.58 Å². The zero-order valence-corrected chi connectivity index (χ0v) is 9.93. The number of epoxide rings is 4. The molecule has 0 radical (unpaired) electrons. The largest absolute Gasteiger partial charge is 0.478 e. The fourth-order valence-corrected chi connectivity index (χ4v) is 0. The molecule has 0 atom stereocenters. The number of hydrogen-bond acceptors (Lipinski definition) is 5. The van der Waals surface area contributed by atoms with E-state index in [9.17, 15) is 4.79 Å². The summed E-state index contributed by atoms with van der Waals surface area (Å²) in [7, 11) is 0. The summed E-state index contributed by atoms with van der Waals surface area (Å²) in [4.78, 5) is 9.25. The highest BCUT2D eigenvalue weighted by Crippen LogP contribution is 1.85. The summed E-state index contributed by atoms with van der Waals surface area (Å²) in [6.07, 6.45) is 0.833. The molecule has 17 heavy (non-hydrogen) atoms. The minimum Gasteiger partial charge on any atom is -0.478 e. The van der Waals surface area contributed by atoms with Crippen LogP contribution in [0.4, 0.5) is 0 Å². The zero-order valence-electron chi connectivity index (χ0n) is 9.93. The maximum atomic E-state index is 9.25. The zero-order chi connectivity index (χ0) is 12.8. The Hall–Kier alpha value is -0.950. The molecular formula is C11H20O6. The molecule has 6 nitrogen and oxygen atoms in total. The monoisotopic (exact) mass is 248 g/mol. The molecule has 4 rings (SSSR count). The number of aliphatic carboxylic acids is 1. The van der Waals surface area contributed by atoms with Gasteiger partial charge in [-0.2, -0.15) is 0 Å². The van der Waals surface area contributed by atoms with Crippen molar-refractivity contribution in [3.63, 3.8) is 0 Å². The van der Waals surface area contributed by atoms with E-state index in [4.69, 9.17) is 5.11 Å². The van der Waals surface area contributed by atoms with E-state index in [-0.39, 0.29) is 0 Å². The van der Waals surface area contributed by atoms with Gasteiger partial charge < -0.3 is 24.1 Å². The summed E-state index contributed by atoms with van der Waals surface area (Å²) in [5.41, 5.74) is 0. The van der Waals surface area contributed by atoms with Crippen LogP contribution in [-0.2, 0) is 23.7 Å². The second-order valence-electron chi connectivity index (χ2n) is 2.99. The van der Waals surface area contributed by atoms with Crippen molar-refractivity contribution in [1.29, 1.82) is 0 Å². The van der Waals surface area contributed by atoms with E-state index in [0.29, 0.717) is 0 Å². The van der Waals surface area contributed by atoms with E-state index < -0.39 is 5.97 Å². The summed E-state index contributed by atoms with van der Waals surface area (Å²) in [5, 5.41) is 7.60. The van der Waals surface area contributed by atoms with Crippen molar-refractivity contribution >= 4 is 5.97 Å². The lowest BCUT2D eigenvalue weighted by Gasteiger charge is -1.64. The van der Waals surface area contributed by atoms with Gasteiger partial charge in [0.2, 0.25) is 0 Å². The van der Waals surface area contributed by atoms with Gasteiger partial charge in [0.1, 0.15) is 0 Å². The van der Waals surface area contributed by atoms with Crippen molar-refractivity contribution in [2.45, 2.75) is 0 Å². The molecule has 4 fully saturated rings. The lowest BCUT2D eigenvalue weighted by Crippen LogP contribution is -1.82. The van der Waals surface area contributed by atoms with Crippen LogP contribution in [-0.4, -0.2) is 63.9 Å². The second kappa shape index (κ2) is 13.1. The van der Waals surface area contributed by atoms with Gasteiger partial charge in [-0.05, 0) is 0 Å². The predicted octanol–water partition coefficient (Wildman–Crippen LogP) is 0.323. The number of rotatable bonds is 1. The lowest BCUT2D eigenvalue weighted by atomic mass is 10.7. The quantitative estimate of drug-likeness (QED) is 0.531. The highest BCUT2D eigenvalue weighted by atomic mass is 16.6. The molecule has 0 amide bonds. The topological polar surface area (TPSA) is 87.4 Å². The van der Waals surface area contributed by atoms with E-state index in [2.05, 4.69) is 25.5 Å². The molecule has 0 aromatic rings. The third-order valence-electron chi connectivity index (χ3n) is 0.991. The van der Waals surface area contributed by atoms with Gasteiger partial charge in [-0.3, -0.25) is 0 Å². The van der Waals surface area contributed by atoms with Gasteiger partial charge in [-0.15, -0.1) is 0 Å². The summed E-state index contributed by atoms with van der Waals surface area (Å²) >= 11 is 0. The second-order valence-corrected chi connectivity index (χ2v) is 2.99. The molecule has 4 saturated heterocycles. The summed E-state index contributed by atoms with van der Waals surface area (Å²) < 4.78 is 18.0. The first-order valence-electron chi connectivity index (χ1n) is 5.43. The maximum absolute atomic E-state index is 9.25. The standard InChI is InChI=1S/C3H4O2.4C2H4O/c1-2-3(4)5;4*1-2-3-1/h2H,1H2,(H,4,5);4*1-2H2. The van der Waals surface area contributed by atoms with Crippen molar-refractivity contribution in [1.82, 2.24) is 0 Å². The Morgan fingerprint density at radius 3 is 0.941 bits per heavy atom. The Kier molecular flexibility index (Phi) is 12.4. The minimum atomic E-state index is -0.981. The maximum Gasteiger partial charge on any atom is 0.327 e. The molecule has 4 aliphatic heterocycles. The molecule has 6 heteroatoms. The van der Waals surface area contributed by atoms with Crippen LogP contribution in [0.1, 0.15) is 0 Å². The molecule has 0 aromatic carbocycles. The SMILES string of the molecule is C1CO1.C1CO1.C1CO1.C1CO1.C=CC(=O)O. The average Bonchev–Trinajstić information content (AvgIpc) is 3.16. The van der Waals surface area contributed by atoms with Crippen molar-refractivity contribution < 1.29 is 28.8 Å². The molecule has 0 bridgehead atoms. The molecule has 0 saturated carbocycles. The van der Waals surface area contributed by atoms with Crippen LogP contribution in [0.3, 0.4) is 0 Å². The first-order valence-corrected chi connectivity index (χ1v) is 5.43. The van der Waals surface area contributed by atoms with Crippen LogP contribution in [0, 0.1) is 0 Å². The van der Waals surface area contributed by atoms with Crippen LogP contribution in [0.2, 0.25) is 0 Å². The molecule has 0 aliphatic carbocycles. The van der Waals surface area contributed by atoms with Crippen molar-refractivity contribution in [2.24, 2.45) is 0 Å². The van der Waals surface area contributed by atoms with Crippen LogP contribution < -0.4 is 0 Å². The molecule has 100 valence electrons. The van der Waals surface area contributed by atoms with Crippen LogP contribution in [0.5, 0.6) is 0 Å². The fraction of sp³-hybridized carbons (Fsp3) is 0.727. The van der Waals surface area contributed by atoms with Crippen molar-refractivity contribution in [3.8, 4) is 0 Å². The Morgan fingerprint density at radius 2 is 0.941 bits per heavy atom. The van der Waals surface area contributed by atoms with Gasteiger partial charge in [0.25, 0.3) is 0 Å². The minimum absolute atomic E-state index is 0.833. The highest BCUT2D eigenvalue weighted by Gasteiger charge is 1.94. The van der Waals surface area contributed by atoms with Gasteiger partial charge in [0.05, 0.1) is 52.9 Å². The predicted molar refractivity (Wildman–Crippen MR) is 61.1 cm³/mol. The average molecular weight is 248 g/mol. The summed E-state index contributed by atoms with van der Waals surface area (Å²) in [6, 6.07) is 0. The van der Waals surface area contributed by atoms with Crippen molar-refractivity contribution in [3.05, 3.63) is 12.7 Å². The smallest absolute Gasteiger partial charge is 0.327 e. The molecule has 0 unspecified atom stereocenters. The molecule has 4 heterocycles. The van der Waals surface area contributed by atoms with Crippen LogP contribution in [0.15, 0.2) is 12.7 Å². The van der Waals surface area contributed by atoms with Gasteiger partial charge >= 0.3 is 5.97 Å². The number of hydrogen-bond donors (Lipinski definition) is 1. The van der Waals surface area contributed by atoms with E-state index in [1.807, 2.05) is 0 Å². The Morgan fingerprint density at radius 1 is 0.824 bits per heavy atom. The number of ether oxygens (including phenoxy) is 4. The number of carboxylic acids is 1. The Bertz CT molecular complexity index is 151. The molecule has 4 aliphatic rings. The molecule has 0 spiro atoms. The Labute approximate surface area is 101 Å². The van der Waals surface area contributed by atoms with Crippen LogP contribution in [0.25, 0.3) is 0 Å². The first kappa shape index (κ1) is 16.1. The van der Waals surface area contributed by atoms with Crippen molar-refractivity contribution in [2.75, 3.05) is 52.9 Å². The molecular weight excluding hydrogens is 228 g/mol. The highest BCUT2D eigenvalue weighted by molar-refractivity contribution is 5.78. The van der Waals surface area contributed by atoms with Gasteiger partial charge in [0.15, 0.2) is 0 Å². The summed E-state index contributed by atoms with van der Waals surface area (Å²) in [5.74, 6) is -0.981. The van der Waals surface area contributed by atoms with E-state index >= 15 is 0 Å². The van der Waals surface area contributed by atoms with Gasteiger partial charge in [-0.25, -0.2) is 4.79 Å². The normalized spacial score (nSPS) is 18.8. The molecule has 0 aromatic heterocycles. The number of carbonyl (C=O) groups is 1. The lowest BCUT2D eigenvalue weighted by molar-refractivity contribution is -0.131.